The topological polar surface area (TPSA) is 75.3 Å². The number of anilines is 2. The van der Waals surface area contributed by atoms with E-state index in [2.05, 4.69) is 5.32 Å². The Balaban J connectivity index is 2.33. The zero-order chi connectivity index (χ0) is 12.4. The maximum atomic E-state index is 10.5. The van der Waals surface area contributed by atoms with Crippen molar-refractivity contribution in [1.29, 1.82) is 0 Å². The molecule has 0 spiro atoms. The van der Waals surface area contributed by atoms with Crippen LogP contribution in [0, 0.1) is 6.92 Å². The number of nitrogens with one attached hydrogen (secondary N) is 1. The molecule has 0 aliphatic rings. The number of aryl methyl sites for hydroxylation is 1. The highest BCUT2D eigenvalue weighted by Crippen LogP contribution is 2.31. The average molecular weight is 248 g/mol. The lowest BCUT2D eigenvalue weighted by molar-refractivity contribution is 0.210. The molecule has 0 radical (unpaired) electrons. The second-order valence-electron chi connectivity index (χ2n) is 3.64. The van der Waals surface area contributed by atoms with E-state index in [0.29, 0.717) is 11.4 Å². The van der Waals surface area contributed by atoms with Crippen LogP contribution in [0.2, 0.25) is 0 Å². The molecule has 0 fully saturated rings. The Morgan fingerprint density at radius 3 is 2.65 bits per heavy atom. The third-order valence-electron chi connectivity index (χ3n) is 2.32. The number of nitrogens with two attached hydrogens (primary N) is 1. The van der Waals surface area contributed by atoms with E-state index in [9.17, 15) is 4.79 Å². The Bertz CT molecular complexity index is 563. The van der Waals surface area contributed by atoms with E-state index in [1.807, 2.05) is 25.1 Å². The van der Waals surface area contributed by atoms with Crippen LogP contribution in [0.25, 0.3) is 10.4 Å². The molecular weight excluding hydrogens is 236 g/mol. The lowest BCUT2D eigenvalue weighted by atomic mass is 10.1. The Labute approximate surface area is 103 Å². The summed E-state index contributed by atoms with van der Waals surface area (Å²) >= 11 is 1.68. The first-order valence-corrected chi connectivity index (χ1v) is 5.84. The van der Waals surface area contributed by atoms with E-state index in [1.54, 1.807) is 23.5 Å². The fourth-order valence-electron chi connectivity index (χ4n) is 1.53. The SMILES string of the molecule is Cc1ccc(-c2ccc(NC(=O)O)c(N)c2)s1. The van der Waals surface area contributed by atoms with Gasteiger partial charge < -0.3 is 10.8 Å². The van der Waals surface area contributed by atoms with Gasteiger partial charge in [0.15, 0.2) is 0 Å². The summed E-state index contributed by atoms with van der Waals surface area (Å²) in [5.74, 6) is 0. The van der Waals surface area contributed by atoms with Gasteiger partial charge in [-0.25, -0.2) is 4.79 Å². The summed E-state index contributed by atoms with van der Waals surface area (Å²) in [6, 6.07) is 9.37. The van der Waals surface area contributed by atoms with E-state index in [4.69, 9.17) is 10.8 Å². The zero-order valence-corrected chi connectivity index (χ0v) is 10.0. The molecular formula is C12H12N2O2S. The average Bonchev–Trinajstić information content (AvgIpc) is 2.67. The van der Waals surface area contributed by atoms with Crippen molar-refractivity contribution in [1.82, 2.24) is 0 Å². The van der Waals surface area contributed by atoms with E-state index in [-0.39, 0.29) is 0 Å². The van der Waals surface area contributed by atoms with Gasteiger partial charge in [-0.05, 0) is 36.8 Å². The minimum absolute atomic E-state index is 0.412. The number of carboxylic acid groups (broad SMARTS) is 1. The standard InChI is InChI=1S/C12H12N2O2S/c1-7-2-5-11(17-7)8-3-4-10(9(13)6-8)14-12(15)16/h2-6,14H,13H2,1H3,(H,15,16). The van der Waals surface area contributed by atoms with Crippen LogP contribution in [0.3, 0.4) is 0 Å². The second kappa shape index (κ2) is 4.47. The predicted molar refractivity (Wildman–Crippen MR) is 70.6 cm³/mol. The molecule has 0 aliphatic carbocycles. The molecule has 4 nitrogen and oxygen atoms in total. The molecule has 5 heteroatoms. The van der Waals surface area contributed by atoms with Crippen molar-refractivity contribution in [2.45, 2.75) is 6.92 Å². The van der Waals surface area contributed by atoms with Gasteiger partial charge in [0, 0.05) is 9.75 Å². The van der Waals surface area contributed by atoms with Crippen LogP contribution in [-0.4, -0.2) is 11.2 Å². The highest BCUT2D eigenvalue weighted by atomic mass is 32.1. The molecule has 2 rings (SSSR count). The number of hydrogen-bond acceptors (Lipinski definition) is 3. The molecule has 88 valence electrons. The van der Waals surface area contributed by atoms with Crippen LogP contribution in [0.1, 0.15) is 4.88 Å². The molecule has 1 heterocycles. The van der Waals surface area contributed by atoms with E-state index >= 15 is 0 Å². The molecule has 17 heavy (non-hydrogen) atoms. The lowest BCUT2D eigenvalue weighted by Gasteiger charge is -2.06. The summed E-state index contributed by atoms with van der Waals surface area (Å²) in [5.41, 5.74) is 7.63. The van der Waals surface area contributed by atoms with E-state index < -0.39 is 6.09 Å². The van der Waals surface area contributed by atoms with E-state index in [0.717, 1.165) is 10.4 Å². The van der Waals surface area contributed by atoms with Crippen molar-refractivity contribution in [2.75, 3.05) is 11.1 Å². The first-order valence-electron chi connectivity index (χ1n) is 5.02. The van der Waals surface area contributed by atoms with Crippen LogP contribution in [0.5, 0.6) is 0 Å². The van der Waals surface area contributed by atoms with Gasteiger partial charge in [0.1, 0.15) is 0 Å². The molecule has 0 saturated heterocycles. The number of thiophene rings is 1. The first-order chi connectivity index (χ1) is 8.06. The quantitative estimate of drug-likeness (QED) is 0.713. The van der Waals surface area contributed by atoms with Crippen molar-refractivity contribution in [3.05, 3.63) is 35.2 Å². The molecule has 0 bridgehead atoms. The fraction of sp³-hybridized carbons (Fsp3) is 0.0833. The van der Waals surface area contributed by atoms with Crippen LogP contribution < -0.4 is 11.1 Å². The summed E-state index contributed by atoms with van der Waals surface area (Å²) in [6.07, 6.45) is -1.11. The van der Waals surface area contributed by atoms with Gasteiger partial charge >= 0.3 is 6.09 Å². The van der Waals surface area contributed by atoms with Crippen LogP contribution in [-0.2, 0) is 0 Å². The van der Waals surface area contributed by atoms with Crippen molar-refractivity contribution < 1.29 is 9.90 Å². The third-order valence-corrected chi connectivity index (χ3v) is 3.37. The highest BCUT2D eigenvalue weighted by Gasteiger charge is 2.06. The van der Waals surface area contributed by atoms with Crippen LogP contribution in [0.15, 0.2) is 30.3 Å². The summed E-state index contributed by atoms with van der Waals surface area (Å²) in [4.78, 5) is 12.9. The van der Waals surface area contributed by atoms with Crippen molar-refractivity contribution >= 4 is 28.8 Å². The van der Waals surface area contributed by atoms with Gasteiger partial charge in [-0.15, -0.1) is 11.3 Å². The number of hydrogen-bond donors (Lipinski definition) is 3. The summed E-state index contributed by atoms with van der Waals surface area (Å²) < 4.78 is 0. The molecule has 1 amide bonds. The normalized spacial score (nSPS) is 10.2. The molecule has 1 aromatic heterocycles. The molecule has 0 unspecified atom stereocenters. The van der Waals surface area contributed by atoms with Gasteiger partial charge in [0.25, 0.3) is 0 Å². The predicted octanol–water partition coefficient (Wildman–Crippen LogP) is 3.40. The summed E-state index contributed by atoms with van der Waals surface area (Å²) in [6.45, 7) is 2.04. The molecule has 0 saturated carbocycles. The smallest absolute Gasteiger partial charge is 0.409 e. The maximum Gasteiger partial charge on any atom is 0.409 e. The lowest BCUT2D eigenvalue weighted by Crippen LogP contribution is -2.09. The Morgan fingerprint density at radius 2 is 2.12 bits per heavy atom. The Kier molecular flexibility index (Phi) is 3.01. The minimum Gasteiger partial charge on any atom is -0.465 e. The molecule has 0 atom stereocenters. The number of rotatable bonds is 2. The monoisotopic (exact) mass is 248 g/mol. The number of carbonyl (C=O) groups is 1. The minimum atomic E-state index is -1.11. The van der Waals surface area contributed by atoms with Gasteiger partial charge in [0.2, 0.25) is 0 Å². The largest absolute Gasteiger partial charge is 0.465 e. The van der Waals surface area contributed by atoms with Crippen LogP contribution in [0.4, 0.5) is 16.2 Å². The number of benzene rings is 1. The van der Waals surface area contributed by atoms with Crippen LogP contribution >= 0.6 is 11.3 Å². The molecule has 0 aliphatic heterocycles. The molecule has 1 aromatic carbocycles. The second-order valence-corrected chi connectivity index (χ2v) is 4.93. The maximum absolute atomic E-state index is 10.5. The Hall–Kier alpha value is -2.01. The molecule has 2 aromatic rings. The Morgan fingerprint density at radius 1 is 1.35 bits per heavy atom. The third kappa shape index (κ3) is 2.57. The summed E-state index contributed by atoms with van der Waals surface area (Å²) in [5, 5.41) is 10.9. The summed E-state index contributed by atoms with van der Waals surface area (Å²) in [7, 11) is 0. The van der Waals surface area contributed by atoms with Gasteiger partial charge in [-0.1, -0.05) is 6.07 Å². The van der Waals surface area contributed by atoms with Gasteiger partial charge in [-0.2, -0.15) is 0 Å². The highest BCUT2D eigenvalue weighted by molar-refractivity contribution is 7.15. The number of nitrogen functional groups attached to an aromatic ring is 1. The first kappa shape index (κ1) is 11.5. The van der Waals surface area contributed by atoms with Gasteiger partial charge in [0.05, 0.1) is 11.4 Å². The fourth-order valence-corrected chi connectivity index (χ4v) is 2.40. The van der Waals surface area contributed by atoms with Crippen molar-refractivity contribution in [3.63, 3.8) is 0 Å². The van der Waals surface area contributed by atoms with Crippen molar-refractivity contribution in [2.24, 2.45) is 0 Å². The zero-order valence-electron chi connectivity index (χ0n) is 9.23. The van der Waals surface area contributed by atoms with E-state index in [1.165, 1.54) is 4.88 Å². The van der Waals surface area contributed by atoms with Crippen molar-refractivity contribution in [3.8, 4) is 10.4 Å². The van der Waals surface area contributed by atoms with Gasteiger partial charge in [-0.3, -0.25) is 5.32 Å². The number of amides is 1. The molecule has 4 N–H and O–H groups in total.